The van der Waals surface area contributed by atoms with Crippen LogP contribution in [0.3, 0.4) is 0 Å². The number of aromatic nitrogens is 4. The number of hydrogen-bond donors (Lipinski definition) is 3. The summed E-state index contributed by atoms with van der Waals surface area (Å²) in [6.45, 7) is 8.18. The van der Waals surface area contributed by atoms with E-state index in [9.17, 15) is 14.7 Å². The van der Waals surface area contributed by atoms with Crippen molar-refractivity contribution in [1.82, 2.24) is 19.1 Å². The molecule has 0 saturated heterocycles. The zero-order valence-corrected chi connectivity index (χ0v) is 18.0. The first-order chi connectivity index (χ1) is 14.2. The summed E-state index contributed by atoms with van der Waals surface area (Å²) in [7, 11) is 1.55. The Balaban J connectivity index is 1.89. The zero-order valence-electron chi connectivity index (χ0n) is 18.0. The molecule has 0 aliphatic rings. The summed E-state index contributed by atoms with van der Waals surface area (Å²) in [5.74, 6) is 1.10. The molecule has 2 atom stereocenters. The summed E-state index contributed by atoms with van der Waals surface area (Å²) >= 11 is 0. The summed E-state index contributed by atoms with van der Waals surface area (Å²) in [6, 6.07) is 5.85. The Morgan fingerprint density at radius 3 is 2.67 bits per heavy atom. The summed E-state index contributed by atoms with van der Waals surface area (Å²) < 4.78 is 8.62. The molecular weight excluding hydrogens is 386 g/mol. The lowest BCUT2D eigenvalue weighted by molar-refractivity contribution is 0.0937. The Hall–Kier alpha value is -3.07. The number of aliphatic hydroxyl groups excluding tert-OH is 1. The zero-order chi connectivity index (χ0) is 22.0. The van der Waals surface area contributed by atoms with E-state index in [1.54, 1.807) is 11.6 Å². The SMILES string of the molecule is CC[C@@H](C)Nc1nc2c(c(=O)[nH]c(=O)n2C)n1C[C@H](O)COc1ccc(C)c(C)c1. The molecule has 0 unspecified atom stereocenters. The topological polar surface area (TPSA) is 114 Å². The van der Waals surface area contributed by atoms with Gasteiger partial charge in [0.25, 0.3) is 5.56 Å². The number of nitrogens with one attached hydrogen (secondary N) is 2. The third-order valence-corrected chi connectivity index (χ3v) is 5.31. The van der Waals surface area contributed by atoms with Crippen LogP contribution in [-0.2, 0) is 13.6 Å². The Kier molecular flexibility index (Phi) is 6.31. The van der Waals surface area contributed by atoms with Gasteiger partial charge in [0.15, 0.2) is 11.2 Å². The lowest BCUT2D eigenvalue weighted by Crippen LogP contribution is -2.31. The highest BCUT2D eigenvalue weighted by molar-refractivity contribution is 5.74. The van der Waals surface area contributed by atoms with Crippen LogP contribution in [0.1, 0.15) is 31.4 Å². The van der Waals surface area contributed by atoms with Gasteiger partial charge in [0, 0.05) is 13.1 Å². The number of aliphatic hydroxyl groups is 1. The van der Waals surface area contributed by atoms with Crippen LogP contribution in [0.4, 0.5) is 5.95 Å². The second-order valence-electron chi connectivity index (χ2n) is 7.70. The van der Waals surface area contributed by atoms with Crippen molar-refractivity contribution in [2.24, 2.45) is 7.05 Å². The molecule has 3 rings (SSSR count). The molecular formula is C21H29N5O4. The van der Waals surface area contributed by atoms with Crippen molar-refractivity contribution < 1.29 is 9.84 Å². The molecule has 0 spiro atoms. The summed E-state index contributed by atoms with van der Waals surface area (Å²) in [6.07, 6.45) is -0.0464. The van der Waals surface area contributed by atoms with Gasteiger partial charge in [0.2, 0.25) is 5.95 Å². The largest absolute Gasteiger partial charge is 0.491 e. The van der Waals surface area contributed by atoms with E-state index >= 15 is 0 Å². The molecule has 162 valence electrons. The highest BCUT2D eigenvalue weighted by Crippen LogP contribution is 2.19. The number of anilines is 1. The number of nitrogens with zero attached hydrogens (tertiary/aromatic N) is 3. The highest BCUT2D eigenvalue weighted by atomic mass is 16.5. The van der Waals surface area contributed by atoms with Crippen molar-refractivity contribution in [2.45, 2.75) is 52.8 Å². The molecule has 3 N–H and O–H groups in total. The molecule has 30 heavy (non-hydrogen) atoms. The number of aryl methyl sites for hydroxylation is 3. The number of H-pyrrole nitrogens is 1. The number of imidazole rings is 1. The molecule has 3 aromatic rings. The predicted octanol–water partition coefficient (Wildman–Crippen LogP) is 1.69. The van der Waals surface area contributed by atoms with Crippen LogP contribution in [0.5, 0.6) is 5.75 Å². The van der Waals surface area contributed by atoms with Crippen molar-refractivity contribution in [1.29, 1.82) is 0 Å². The van der Waals surface area contributed by atoms with Crippen molar-refractivity contribution in [3.05, 3.63) is 50.2 Å². The minimum Gasteiger partial charge on any atom is -0.491 e. The van der Waals surface area contributed by atoms with Gasteiger partial charge in [-0.15, -0.1) is 0 Å². The van der Waals surface area contributed by atoms with E-state index in [1.807, 2.05) is 45.9 Å². The summed E-state index contributed by atoms with van der Waals surface area (Å²) in [4.78, 5) is 31.2. The standard InChI is InChI=1S/C21H29N5O4/c1-6-14(4)22-20-23-18-17(19(28)24-21(29)25(18)5)26(20)10-15(27)11-30-16-8-7-12(2)13(3)9-16/h7-9,14-15,27H,6,10-11H2,1-5H3,(H,22,23)(H,24,28,29)/t14-,15+/m1/s1. The fourth-order valence-corrected chi connectivity index (χ4v) is 3.10. The molecule has 9 nitrogen and oxygen atoms in total. The maximum absolute atomic E-state index is 12.5. The van der Waals surface area contributed by atoms with Gasteiger partial charge in [-0.3, -0.25) is 14.3 Å². The normalized spacial score (nSPS) is 13.4. The fourth-order valence-electron chi connectivity index (χ4n) is 3.10. The number of benzene rings is 1. The molecule has 0 saturated carbocycles. The van der Waals surface area contributed by atoms with Gasteiger partial charge in [-0.05, 0) is 50.5 Å². The van der Waals surface area contributed by atoms with E-state index in [4.69, 9.17) is 4.74 Å². The first-order valence-corrected chi connectivity index (χ1v) is 10.1. The fraction of sp³-hybridized carbons (Fsp3) is 0.476. The van der Waals surface area contributed by atoms with Crippen LogP contribution in [0.15, 0.2) is 27.8 Å². The Labute approximate surface area is 174 Å². The van der Waals surface area contributed by atoms with Gasteiger partial charge < -0.3 is 19.7 Å². The molecule has 0 aliphatic carbocycles. The molecule has 0 bridgehead atoms. The summed E-state index contributed by atoms with van der Waals surface area (Å²) in [5, 5.41) is 13.9. The van der Waals surface area contributed by atoms with E-state index in [0.29, 0.717) is 11.7 Å². The monoisotopic (exact) mass is 415 g/mol. The maximum Gasteiger partial charge on any atom is 0.329 e. The number of aromatic amines is 1. The lowest BCUT2D eigenvalue weighted by Gasteiger charge is -2.18. The average Bonchev–Trinajstić information content (AvgIpc) is 3.05. The van der Waals surface area contributed by atoms with E-state index in [0.717, 1.165) is 12.0 Å². The molecule has 2 aromatic heterocycles. The van der Waals surface area contributed by atoms with Crippen molar-refractivity contribution in [2.75, 3.05) is 11.9 Å². The van der Waals surface area contributed by atoms with Gasteiger partial charge >= 0.3 is 5.69 Å². The van der Waals surface area contributed by atoms with E-state index in [2.05, 4.69) is 15.3 Å². The van der Waals surface area contributed by atoms with Crippen LogP contribution in [0, 0.1) is 13.8 Å². The number of rotatable bonds is 8. The second kappa shape index (κ2) is 8.74. The van der Waals surface area contributed by atoms with Crippen molar-refractivity contribution in [3.63, 3.8) is 0 Å². The first kappa shape index (κ1) is 21.6. The van der Waals surface area contributed by atoms with Gasteiger partial charge in [0.1, 0.15) is 18.5 Å². The van der Waals surface area contributed by atoms with Crippen LogP contribution in [-0.4, -0.2) is 43.0 Å². The molecule has 0 amide bonds. The Morgan fingerprint density at radius 1 is 1.27 bits per heavy atom. The minimum atomic E-state index is -0.891. The van der Waals surface area contributed by atoms with E-state index in [-0.39, 0.29) is 30.4 Å². The van der Waals surface area contributed by atoms with E-state index < -0.39 is 17.4 Å². The van der Waals surface area contributed by atoms with Crippen molar-refractivity contribution >= 4 is 17.1 Å². The molecule has 0 radical (unpaired) electrons. The lowest BCUT2D eigenvalue weighted by atomic mass is 10.1. The third-order valence-electron chi connectivity index (χ3n) is 5.31. The third kappa shape index (κ3) is 4.40. The molecule has 0 fully saturated rings. The van der Waals surface area contributed by atoms with E-state index in [1.165, 1.54) is 10.1 Å². The number of fused-ring (bicyclic) bond motifs is 1. The van der Waals surface area contributed by atoms with Gasteiger partial charge in [-0.1, -0.05) is 13.0 Å². The van der Waals surface area contributed by atoms with Crippen LogP contribution in [0.2, 0.25) is 0 Å². The first-order valence-electron chi connectivity index (χ1n) is 10.1. The van der Waals surface area contributed by atoms with Crippen LogP contribution in [0.25, 0.3) is 11.2 Å². The molecule has 1 aromatic carbocycles. The Morgan fingerprint density at radius 2 is 2.00 bits per heavy atom. The maximum atomic E-state index is 12.5. The van der Waals surface area contributed by atoms with Gasteiger partial charge in [-0.25, -0.2) is 4.79 Å². The Bertz CT molecular complexity index is 1160. The predicted molar refractivity (Wildman–Crippen MR) is 116 cm³/mol. The van der Waals surface area contributed by atoms with Gasteiger partial charge in [0.05, 0.1) is 6.54 Å². The smallest absolute Gasteiger partial charge is 0.329 e. The molecule has 2 heterocycles. The van der Waals surface area contributed by atoms with Crippen LogP contribution < -0.4 is 21.3 Å². The number of ether oxygens (including phenoxy) is 1. The van der Waals surface area contributed by atoms with Crippen LogP contribution >= 0.6 is 0 Å². The minimum absolute atomic E-state index is 0.0502. The van der Waals surface area contributed by atoms with Crippen molar-refractivity contribution in [3.8, 4) is 5.75 Å². The quantitative estimate of drug-likeness (QED) is 0.516. The molecule has 9 heteroatoms. The van der Waals surface area contributed by atoms with Gasteiger partial charge in [-0.2, -0.15) is 4.98 Å². The summed E-state index contributed by atoms with van der Waals surface area (Å²) in [5.41, 5.74) is 1.68. The average molecular weight is 415 g/mol. The highest BCUT2D eigenvalue weighted by Gasteiger charge is 2.20. The number of hydrogen-bond acceptors (Lipinski definition) is 6. The molecule has 0 aliphatic heterocycles. The second-order valence-corrected chi connectivity index (χ2v) is 7.70.